The van der Waals surface area contributed by atoms with Gasteiger partial charge < -0.3 is 12.4 Å². The van der Waals surface area contributed by atoms with Crippen LogP contribution in [0.1, 0.15) is 11.1 Å². The van der Waals surface area contributed by atoms with Gasteiger partial charge in [0.05, 0.1) is 0 Å². The molecule has 0 saturated heterocycles. The minimum absolute atomic E-state index is 0. The molecule has 0 bridgehead atoms. The van der Waals surface area contributed by atoms with Gasteiger partial charge in [-0.2, -0.15) is 0 Å². The second-order valence-electron chi connectivity index (χ2n) is 5.14. The van der Waals surface area contributed by atoms with E-state index in [9.17, 15) is 0 Å². The molecular formula is C20H17ClPdS2. The molecule has 0 aliphatic rings. The van der Waals surface area contributed by atoms with Crippen LogP contribution in [0.2, 0.25) is 0 Å². The number of halogens is 1. The molecule has 0 saturated carbocycles. The SMILES string of the molecule is [Cl-].[Pd+][c]1cc(CSc2ccccc2)cc(CSc2ccccc2)c1. The maximum atomic E-state index is 3.36. The Bertz CT molecular complexity index is 686. The van der Waals surface area contributed by atoms with Gasteiger partial charge in [-0.15, -0.1) is 0 Å². The van der Waals surface area contributed by atoms with Gasteiger partial charge in [0.15, 0.2) is 0 Å². The van der Waals surface area contributed by atoms with E-state index in [0.717, 1.165) is 11.5 Å². The summed E-state index contributed by atoms with van der Waals surface area (Å²) in [6.45, 7) is 0. The Morgan fingerprint density at radius 1 is 0.625 bits per heavy atom. The van der Waals surface area contributed by atoms with Crippen LogP contribution in [0.3, 0.4) is 0 Å². The van der Waals surface area contributed by atoms with Crippen molar-refractivity contribution in [3.8, 4) is 0 Å². The third kappa shape index (κ3) is 6.32. The predicted molar refractivity (Wildman–Crippen MR) is 98.1 cm³/mol. The molecule has 0 aromatic heterocycles. The monoisotopic (exact) mass is 462 g/mol. The molecule has 0 fully saturated rings. The average Bonchev–Trinajstić information content (AvgIpc) is 2.60. The van der Waals surface area contributed by atoms with E-state index in [-0.39, 0.29) is 12.4 Å². The maximum absolute atomic E-state index is 3.36. The van der Waals surface area contributed by atoms with E-state index in [4.69, 9.17) is 0 Å². The van der Waals surface area contributed by atoms with E-state index in [2.05, 4.69) is 98.1 Å². The Kier molecular flexibility index (Phi) is 8.46. The molecular weight excluding hydrogens is 446 g/mol. The van der Waals surface area contributed by atoms with E-state index < -0.39 is 0 Å². The van der Waals surface area contributed by atoms with Gasteiger partial charge in [-0.05, 0) is 0 Å². The fraction of sp³-hybridized carbons (Fsp3) is 0.100. The van der Waals surface area contributed by atoms with Gasteiger partial charge in [0.25, 0.3) is 0 Å². The van der Waals surface area contributed by atoms with Crippen LogP contribution in [0.25, 0.3) is 0 Å². The van der Waals surface area contributed by atoms with E-state index in [1.807, 2.05) is 23.5 Å². The van der Waals surface area contributed by atoms with Gasteiger partial charge in [0.2, 0.25) is 0 Å². The second-order valence-corrected chi connectivity index (χ2v) is 8.13. The molecule has 0 amide bonds. The van der Waals surface area contributed by atoms with Crippen molar-refractivity contribution in [1.82, 2.24) is 0 Å². The van der Waals surface area contributed by atoms with Crippen molar-refractivity contribution in [3.63, 3.8) is 0 Å². The molecule has 3 aromatic rings. The van der Waals surface area contributed by atoms with E-state index in [0.29, 0.717) is 0 Å². The number of rotatable bonds is 6. The molecule has 126 valence electrons. The number of hydrogen-bond acceptors (Lipinski definition) is 2. The zero-order valence-corrected chi connectivity index (χ0v) is 16.9. The molecule has 0 unspecified atom stereocenters. The standard InChI is InChI=1S/C20H17S2.ClH.Pd/c1-3-10-19(11-4-1)21-15-17-8-7-9-18(14-17)16-22-20-12-5-2-6-13-20;;/h1-6,8-14H,15-16H2;1H;/q;;+1/p-1. The molecule has 24 heavy (non-hydrogen) atoms. The summed E-state index contributed by atoms with van der Waals surface area (Å²) in [4.78, 5) is 2.63. The first-order valence-corrected chi connectivity index (χ1v) is 10.2. The molecule has 4 heteroatoms. The number of hydrogen-bond donors (Lipinski definition) is 0. The summed E-state index contributed by atoms with van der Waals surface area (Å²) in [5.74, 6) is 2.00. The first-order chi connectivity index (χ1) is 11.3. The molecule has 0 aliphatic heterocycles. The van der Waals surface area contributed by atoms with Crippen LogP contribution < -0.4 is 16.4 Å². The normalized spacial score (nSPS) is 10.2. The van der Waals surface area contributed by atoms with Gasteiger partial charge >= 0.3 is 158 Å². The van der Waals surface area contributed by atoms with E-state index in [1.54, 1.807) is 0 Å². The van der Waals surface area contributed by atoms with Crippen molar-refractivity contribution in [3.05, 3.63) is 90.0 Å². The van der Waals surface area contributed by atoms with Gasteiger partial charge in [-0.25, -0.2) is 0 Å². The van der Waals surface area contributed by atoms with Gasteiger partial charge in [-0.1, -0.05) is 0 Å². The average molecular weight is 463 g/mol. The van der Waals surface area contributed by atoms with Crippen LogP contribution in [-0.4, -0.2) is 0 Å². The quantitative estimate of drug-likeness (QED) is 0.407. The van der Waals surface area contributed by atoms with Crippen molar-refractivity contribution in [2.75, 3.05) is 0 Å². The Morgan fingerprint density at radius 2 is 1.04 bits per heavy atom. The molecule has 0 heterocycles. The zero-order chi connectivity index (χ0) is 15.9. The van der Waals surface area contributed by atoms with Crippen LogP contribution in [0.4, 0.5) is 0 Å². The topological polar surface area (TPSA) is 0 Å². The fourth-order valence-corrected chi connectivity index (χ4v) is 4.50. The van der Waals surface area contributed by atoms with Gasteiger partial charge in [0, 0.05) is 0 Å². The number of benzene rings is 3. The van der Waals surface area contributed by atoms with E-state index in [1.165, 1.54) is 25.0 Å². The first kappa shape index (κ1) is 19.6. The summed E-state index contributed by atoms with van der Waals surface area (Å²) in [6.07, 6.45) is 0. The summed E-state index contributed by atoms with van der Waals surface area (Å²) in [6, 6.07) is 27.9. The Balaban J connectivity index is 0.00000208. The molecule has 3 rings (SSSR count). The van der Waals surface area contributed by atoms with Crippen LogP contribution in [0.15, 0.2) is 88.7 Å². The van der Waals surface area contributed by atoms with Gasteiger partial charge in [0.1, 0.15) is 0 Å². The third-order valence-corrected chi connectivity index (χ3v) is 5.91. The molecule has 0 radical (unpaired) electrons. The van der Waals surface area contributed by atoms with Crippen molar-refractivity contribution in [1.29, 1.82) is 0 Å². The Morgan fingerprint density at radius 3 is 1.46 bits per heavy atom. The molecule has 0 aliphatic carbocycles. The Hall–Kier alpha value is -0.688. The van der Waals surface area contributed by atoms with Gasteiger partial charge in [-0.3, -0.25) is 0 Å². The van der Waals surface area contributed by atoms with Crippen LogP contribution in [0.5, 0.6) is 0 Å². The molecule has 0 atom stereocenters. The predicted octanol–water partition coefficient (Wildman–Crippen LogP) is 2.45. The van der Waals surface area contributed by atoms with E-state index >= 15 is 0 Å². The molecule has 0 spiro atoms. The summed E-state index contributed by atoms with van der Waals surface area (Å²) in [5, 5.41) is 0. The van der Waals surface area contributed by atoms with Crippen molar-refractivity contribution < 1.29 is 31.6 Å². The minimum atomic E-state index is 0. The van der Waals surface area contributed by atoms with Crippen molar-refractivity contribution in [2.24, 2.45) is 0 Å². The molecule has 0 nitrogen and oxygen atoms in total. The Labute approximate surface area is 169 Å². The summed E-state index contributed by atoms with van der Waals surface area (Å²) >= 11 is 7.12. The fourth-order valence-electron chi connectivity index (χ4n) is 2.23. The van der Waals surface area contributed by atoms with Crippen LogP contribution in [-0.2, 0) is 30.7 Å². The van der Waals surface area contributed by atoms with Crippen molar-refractivity contribution >= 4 is 27.6 Å². The van der Waals surface area contributed by atoms with Crippen LogP contribution in [0, 0.1) is 0 Å². The summed E-state index contributed by atoms with van der Waals surface area (Å²) in [7, 11) is 0. The zero-order valence-electron chi connectivity index (χ0n) is 12.9. The first-order valence-electron chi connectivity index (χ1n) is 7.40. The molecule has 3 aromatic carbocycles. The van der Waals surface area contributed by atoms with Crippen molar-refractivity contribution in [2.45, 2.75) is 21.3 Å². The third-order valence-electron chi connectivity index (χ3n) is 3.30. The molecule has 0 N–H and O–H groups in total. The summed E-state index contributed by atoms with van der Waals surface area (Å²) in [5.41, 5.74) is 2.74. The number of thioether (sulfide) groups is 2. The second kappa shape index (κ2) is 10.3. The summed E-state index contributed by atoms with van der Waals surface area (Å²) < 4.78 is 1.20. The van der Waals surface area contributed by atoms with Crippen LogP contribution >= 0.6 is 23.5 Å².